The zero-order valence-corrected chi connectivity index (χ0v) is 20.2. The van der Waals surface area contributed by atoms with E-state index in [9.17, 15) is 9.59 Å². The summed E-state index contributed by atoms with van der Waals surface area (Å²) in [5, 5.41) is 7.03. The van der Waals surface area contributed by atoms with Crippen LogP contribution in [0.1, 0.15) is 16.5 Å². The number of pyridine rings is 1. The fourth-order valence-electron chi connectivity index (χ4n) is 4.09. The van der Waals surface area contributed by atoms with Gasteiger partial charge in [0.1, 0.15) is 31.6 Å². The average molecular weight is 516 g/mol. The molecular weight excluding hydrogens is 494 g/mol. The number of benzene rings is 1. The minimum absolute atomic E-state index is 0.171. The van der Waals surface area contributed by atoms with Crippen LogP contribution in [0.5, 0.6) is 5.88 Å². The lowest BCUT2D eigenvalue weighted by molar-refractivity contribution is -0.121. The van der Waals surface area contributed by atoms with E-state index in [1.165, 1.54) is 28.5 Å². The number of nitrogens with zero attached hydrogens (tertiary/aromatic N) is 4. The molecule has 186 valence electrons. The maximum atomic E-state index is 13.1. The van der Waals surface area contributed by atoms with Crippen LogP contribution in [0.3, 0.4) is 0 Å². The molecule has 0 fully saturated rings. The number of fused-ring (bicyclic) bond motifs is 2. The summed E-state index contributed by atoms with van der Waals surface area (Å²) in [5.41, 5.74) is 7.34. The van der Waals surface area contributed by atoms with Crippen molar-refractivity contribution in [3.05, 3.63) is 82.2 Å². The maximum absolute atomic E-state index is 13.1. The van der Waals surface area contributed by atoms with E-state index in [0.717, 1.165) is 26.1 Å². The number of ether oxygens (including phenoxy) is 1. The first-order chi connectivity index (χ1) is 18.0. The second kappa shape index (κ2) is 9.39. The highest BCUT2D eigenvalue weighted by molar-refractivity contribution is 7.19. The van der Waals surface area contributed by atoms with E-state index in [2.05, 4.69) is 25.6 Å². The van der Waals surface area contributed by atoms with Gasteiger partial charge in [0.2, 0.25) is 17.7 Å². The predicted molar refractivity (Wildman–Crippen MR) is 138 cm³/mol. The number of carbonyl (C=O) groups excluding carboxylic acids is 1. The molecule has 1 aliphatic heterocycles. The van der Waals surface area contributed by atoms with Gasteiger partial charge in [-0.1, -0.05) is 12.1 Å². The topological polar surface area (TPSA) is 150 Å². The number of hydrogen-bond donors (Lipinski definition) is 3. The van der Waals surface area contributed by atoms with Crippen LogP contribution >= 0.6 is 11.3 Å². The molecule has 0 saturated carbocycles. The Morgan fingerprint density at radius 2 is 2.08 bits per heavy atom. The molecule has 1 aliphatic rings. The Morgan fingerprint density at radius 1 is 1.22 bits per heavy atom. The summed E-state index contributed by atoms with van der Waals surface area (Å²) in [6, 6.07) is 11.1. The summed E-state index contributed by atoms with van der Waals surface area (Å²) < 4.78 is 13.3. The van der Waals surface area contributed by atoms with Crippen molar-refractivity contribution in [1.82, 2.24) is 24.8 Å². The molecule has 1 amide bonds. The van der Waals surface area contributed by atoms with Crippen molar-refractivity contribution in [3.8, 4) is 17.3 Å². The number of rotatable bonds is 6. The van der Waals surface area contributed by atoms with Crippen molar-refractivity contribution in [2.75, 3.05) is 17.7 Å². The van der Waals surface area contributed by atoms with E-state index in [0.29, 0.717) is 24.9 Å². The predicted octanol–water partition coefficient (Wildman–Crippen LogP) is 2.95. The quantitative estimate of drug-likeness (QED) is 0.310. The summed E-state index contributed by atoms with van der Waals surface area (Å²) in [5.74, 6) is 0.887. The van der Waals surface area contributed by atoms with Gasteiger partial charge in [-0.15, -0.1) is 11.3 Å². The number of carbonyl (C=O) groups is 1. The number of nitrogens with one attached hydrogen (secondary N) is 2. The number of oxazole rings is 1. The lowest BCUT2D eigenvalue weighted by Gasteiger charge is -2.26. The van der Waals surface area contributed by atoms with E-state index < -0.39 is 0 Å². The van der Waals surface area contributed by atoms with Gasteiger partial charge >= 0.3 is 0 Å². The highest BCUT2D eigenvalue weighted by atomic mass is 32.1. The molecule has 4 N–H and O–H groups in total. The van der Waals surface area contributed by atoms with Gasteiger partial charge in [-0.2, -0.15) is 0 Å². The summed E-state index contributed by atoms with van der Waals surface area (Å²) >= 11 is 1.53. The molecule has 4 aromatic heterocycles. The zero-order valence-electron chi connectivity index (χ0n) is 19.4. The number of amides is 1. The van der Waals surface area contributed by atoms with Gasteiger partial charge in [0.05, 0.1) is 18.8 Å². The molecule has 0 saturated heterocycles. The smallest absolute Gasteiger partial charge is 0.281 e. The molecule has 0 spiro atoms. The fraction of sp³-hybridized carbons (Fsp3) is 0.160. The van der Waals surface area contributed by atoms with Crippen LogP contribution in [0.2, 0.25) is 0 Å². The van der Waals surface area contributed by atoms with Crippen LogP contribution in [0.4, 0.5) is 11.5 Å². The van der Waals surface area contributed by atoms with E-state index >= 15 is 0 Å². The second-order valence-corrected chi connectivity index (χ2v) is 9.63. The second-order valence-electron chi connectivity index (χ2n) is 8.46. The SMILES string of the molecule is Nc1cc2sc(CNC(=O)Cn3cnc4c(c3=O)N[C@H](c3ccc(-c5ncco5)cc3)CO4)cc2cn1. The normalized spacial score (nSPS) is 14.5. The summed E-state index contributed by atoms with van der Waals surface area (Å²) in [4.78, 5) is 39.1. The van der Waals surface area contributed by atoms with Crippen LogP contribution in [0.25, 0.3) is 21.5 Å². The minimum atomic E-state index is -0.385. The number of nitrogens with two attached hydrogens (primary N) is 1. The van der Waals surface area contributed by atoms with Crippen molar-refractivity contribution < 1.29 is 13.9 Å². The maximum Gasteiger partial charge on any atom is 0.281 e. The van der Waals surface area contributed by atoms with Crippen LogP contribution in [-0.2, 0) is 17.9 Å². The molecule has 1 atom stereocenters. The first-order valence-electron chi connectivity index (χ1n) is 11.4. The first kappa shape index (κ1) is 22.7. The van der Waals surface area contributed by atoms with Gasteiger partial charge in [0.25, 0.3) is 5.56 Å². The zero-order chi connectivity index (χ0) is 25.4. The van der Waals surface area contributed by atoms with Gasteiger partial charge in [-0.3, -0.25) is 14.2 Å². The van der Waals surface area contributed by atoms with Crippen molar-refractivity contribution in [1.29, 1.82) is 0 Å². The lowest BCUT2D eigenvalue weighted by atomic mass is 10.0. The number of thiophene rings is 1. The molecule has 0 unspecified atom stereocenters. The lowest BCUT2D eigenvalue weighted by Crippen LogP contribution is -2.36. The minimum Gasteiger partial charge on any atom is -0.473 e. The van der Waals surface area contributed by atoms with E-state index in [1.54, 1.807) is 18.5 Å². The van der Waals surface area contributed by atoms with E-state index in [-0.39, 0.29) is 35.6 Å². The van der Waals surface area contributed by atoms with Crippen LogP contribution in [0.15, 0.2) is 70.6 Å². The van der Waals surface area contributed by atoms with E-state index in [4.69, 9.17) is 14.9 Å². The number of anilines is 2. The van der Waals surface area contributed by atoms with Gasteiger partial charge < -0.3 is 25.5 Å². The Morgan fingerprint density at radius 3 is 2.89 bits per heavy atom. The standard InChI is InChI=1S/C25H21N7O4S/c26-20-8-19-16(9-28-20)7-17(37-19)10-29-21(33)11-32-13-30-24-22(25(32)34)31-18(12-36-24)14-1-3-15(4-2-14)23-27-5-6-35-23/h1-9,13,18,31H,10-12H2,(H2,26,28)(H,29,33)/t18-/m0/s1. The molecule has 12 heteroatoms. The average Bonchev–Trinajstić information content (AvgIpc) is 3.59. The van der Waals surface area contributed by atoms with Crippen LogP contribution in [0, 0.1) is 0 Å². The Bertz CT molecular complexity index is 1640. The summed E-state index contributed by atoms with van der Waals surface area (Å²) in [6.07, 6.45) is 6.14. The monoisotopic (exact) mass is 515 g/mol. The summed E-state index contributed by atoms with van der Waals surface area (Å²) in [7, 11) is 0. The van der Waals surface area contributed by atoms with Crippen molar-refractivity contribution >= 4 is 38.8 Å². The highest BCUT2D eigenvalue weighted by Crippen LogP contribution is 2.30. The molecule has 0 radical (unpaired) electrons. The third kappa shape index (κ3) is 4.61. The van der Waals surface area contributed by atoms with Crippen molar-refractivity contribution in [3.63, 3.8) is 0 Å². The molecular formula is C25H21N7O4S. The van der Waals surface area contributed by atoms with Crippen molar-refractivity contribution in [2.24, 2.45) is 0 Å². The molecule has 6 rings (SSSR count). The van der Waals surface area contributed by atoms with E-state index in [1.807, 2.05) is 30.3 Å². The molecule has 0 bridgehead atoms. The molecule has 37 heavy (non-hydrogen) atoms. The Hall–Kier alpha value is -4.71. The van der Waals surface area contributed by atoms with Crippen LogP contribution in [-0.4, -0.2) is 32.0 Å². The van der Waals surface area contributed by atoms with Crippen LogP contribution < -0.4 is 26.7 Å². The first-order valence-corrected chi connectivity index (χ1v) is 12.2. The third-order valence-corrected chi connectivity index (χ3v) is 7.05. The Kier molecular flexibility index (Phi) is 5.77. The van der Waals surface area contributed by atoms with Gasteiger partial charge in [-0.05, 0) is 29.8 Å². The van der Waals surface area contributed by atoms with Gasteiger partial charge in [-0.25, -0.2) is 15.0 Å². The Labute approximate surface area is 214 Å². The molecule has 5 aromatic rings. The number of nitrogen functional groups attached to an aromatic ring is 1. The highest BCUT2D eigenvalue weighted by Gasteiger charge is 2.25. The molecule has 5 heterocycles. The number of aromatic nitrogens is 4. The molecule has 11 nitrogen and oxygen atoms in total. The van der Waals surface area contributed by atoms with Crippen molar-refractivity contribution in [2.45, 2.75) is 19.1 Å². The van der Waals surface area contributed by atoms with Gasteiger partial charge in [0.15, 0.2) is 5.69 Å². The number of hydrogen-bond acceptors (Lipinski definition) is 10. The molecule has 1 aromatic carbocycles. The largest absolute Gasteiger partial charge is 0.473 e. The van der Waals surface area contributed by atoms with Gasteiger partial charge in [0, 0.05) is 26.7 Å². The Balaban J connectivity index is 1.13. The summed E-state index contributed by atoms with van der Waals surface area (Å²) in [6.45, 7) is 0.465. The molecule has 0 aliphatic carbocycles. The fourth-order valence-corrected chi connectivity index (χ4v) is 5.11. The third-order valence-electron chi connectivity index (χ3n) is 5.95.